The van der Waals surface area contributed by atoms with E-state index in [1.54, 1.807) is 0 Å². The van der Waals surface area contributed by atoms with Crippen LogP contribution in [0.2, 0.25) is 0 Å². The van der Waals surface area contributed by atoms with Crippen LogP contribution in [0.5, 0.6) is 0 Å². The van der Waals surface area contributed by atoms with Gasteiger partial charge in [-0.25, -0.2) is 0 Å². The van der Waals surface area contributed by atoms with E-state index in [1.807, 2.05) is 0 Å². The summed E-state index contributed by atoms with van der Waals surface area (Å²) in [7, 11) is 0. The third-order valence-corrected chi connectivity index (χ3v) is 4.43. The van der Waals surface area contributed by atoms with Gasteiger partial charge < -0.3 is 0 Å². The SMILES string of the molecule is ClCC(Cl)CCCCCCCCC(Cl)CCl. The largest absolute Gasteiger partial charge is 0.125 e. The first-order valence-electron chi connectivity index (χ1n) is 6.10. The van der Waals surface area contributed by atoms with Crippen molar-refractivity contribution in [3.63, 3.8) is 0 Å². The Hall–Kier alpha value is 1.16. The standard InChI is InChI=1S/C12H22Cl4/c13-9-11(15)7-5-3-1-2-4-6-8-12(16)10-14/h11-12H,1-10H2. The van der Waals surface area contributed by atoms with E-state index in [1.165, 1.54) is 38.5 Å². The Morgan fingerprint density at radius 3 is 1.19 bits per heavy atom. The fraction of sp³-hybridized carbons (Fsp3) is 1.00. The monoisotopic (exact) mass is 306 g/mol. The van der Waals surface area contributed by atoms with Gasteiger partial charge in [-0.05, 0) is 12.8 Å². The third kappa shape index (κ3) is 11.6. The highest BCUT2D eigenvalue weighted by molar-refractivity contribution is 6.28. The van der Waals surface area contributed by atoms with E-state index in [-0.39, 0.29) is 10.8 Å². The molecule has 0 saturated carbocycles. The second-order valence-corrected chi connectivity index (χ2v) is 6.05. The Balaban J connectivity index is 3.04. The normalized spacial score (nSPS) is 15.0. The van der Waals surface area contributed by atoms with Crippen molar-refractivity contribution in [2.24, 2.45) is 0 Å². The van der Waals surface area contributed by atoms with Crippen molar-refractivity contribution >= 4 is 46.4 Å². The lowest BCUT2D eigenvalue weighted by molar-refractivity contribution is 0.566. The van der Waals surface area contributed by atoms with Crippen molar-refractivity contribution in [1.29, 1.82) is 0 Å². The van der Waals surface area contributed by atoms with Crippen LogP contribution in [-0.4, -0.2) is 22.5 Å². The number of halogens is 4. The van der Waals surface area contributed by atoms with Gasteiger partial charge in [0.05, 0.1) is 0 Å². The highest BCUT2D eigenvalue weighted by Crippen LogP contribution is 2.15. The number of hydrogen-bond acceptors (Lipinski definition) is 0. The van der Waals surface area contributed by atoms with Gasteiger partial charge in [-0.3, -0.25) is 0 Å². The maximum atomic E-state index is 5.92. The Kier molecular flexibility index (Phi) is 13.5. The summed E-state index contributed by atoms with van der Waals surface area (Å²) in [6.45, 7) is 0. The molecule has 0 spiro atoms. The van der Waals surface area contributed by atoms with E-state index < -0.39 is 0 Å². The molecule has 0 bridgehead atoms. The van der Waals surface area contributed by atoms with Crippen molar-refractivity contribution in [2.45, 2.75) is 62.1 Å². The highest BCUT2D eigenvalue weighted by Gasteiger charge is 2.02. The zero-order chi connectivity index (χ0) is 12.2. The molecule has 2 atom stereocenters. The fourth-order valence-electron chi connectivity index (χ4n) is 1.59. The van der Waals surface area contributed by atoms with E-state index in [2.05, 4.69) is 0 Å². The van der Waals surface area contributed by atoms with Gasteiger partial charge in [0.1, 0.15) is 0 Å². The molecule has 0 saturated heterocycles. The number of rotatable bonds is 11. The minimum atomic E-state index is 0.155. The molecular formula is C12H22Cl4. The maximum absolute atomic E-state index is 5.92. The summed E-state index contributed by atoms with van der Waals surface area (Å²) >= 11 is 23.1. The van der Waals surface area contributed by atoms with E-state index in [0.29, 0.717) is 11.8 Å². The summed E-state index contributed by atoms with van der Waals surface area (Å²) in [6, 6.07) is 0. The van der Waals surface area contributed by atoms with Gasteiger partial charge in [0, 0.05) is 22.5 Å². The summed E-state index contributed by atoms with van der Waals surface area (Å²) < 4.78 is 0. The van der Waals surface area contributed by atoms with Crippen LogP contribution in [-0.2, 0) is 0 Å². The van der Waals surface area contributed by atoms with Crippen LogP contribution < -0.4 is 0 Å². The van der Waals surface area contributed by atoms with Crippen LogP contribution >= 0.6 is 46.4 Å². The molecule has 2 unspecified atom stereocenters. The third-order valence-electron chi connectivity index (χ3n) is 2.62. The molecular weight excluding hydrogens is 286 g/mol. The lowest BCUT2D eigenvalue weighted by Gasteiger charge is -2.06. The van der Waals surface area contributed by atoms with E-state index >= 15 is 0 Å². The smallest absolute Gasteiger partial charge is 0.0471 e. The summed E-state index contributed by atoms with van der Waals surface area (Å²) in [4.78, 5) is 0. The number of alkyl halides is 4. The van der Waals surface area contributed by atoms with Crippen LogP contribution in [0.1, 0.15) is 51.4 Å². The molecule has 0 nitrogen and oxygen atoms in total. The minimum Gasteiger partial charge on any atom is -0.125 e. The molecule has 0 aliphatic heterocycles. The Morgan fingerprint density at radius 2 is 0.875 bits per heavy atom. The van der Waals surface area contributed by atoms with Crippen LogP contribution in [0.3, 0.4) is 0 Å². The molecule has 0 N–H and O–H groups in total. The first-order valence-corrected chi connectivity index (χ1v) is 8.05. The number of hydrogen-bond donors (Lipinski definition) is 0. The highest BCUT2D eigenvalue weighted by atomic mass is 35.5. The molecule has 0 aromatic rings. The van der Waals surface area contributed by atoms with Crippen molar-refractivity contribution in [1.82, 2.24) is 0 Å². The average molecular weight is 308 g/mol. The van der Waals surface area contributed by atoms with Crippen molar-refractivity contribution < 1.29 is 0 Å². The average Bonchev–Trinajstić information content (AvgIpc) is 2.31. The van der Waals surface area contributed by atoms with Gasteiger partial charge >= 0.3 is 0 Å². The number of unbranched alkanes of at least 4 members (excludes halogenated alkanes) is 5. The van der Waals surface area contributed by atoms with Crippen LogP contribution in [0.4, 0.5) is 0 Å². The molecule has 0 radical (unpaired) electrons. The summed E-state index contributed by atoms with van der Waals surface area (Å²) in [5.41, 5.74) is 0. The van der Waals surface area contributed by atoms with Gasteiger partial charge in [-0.2, -0.15) is 0 Å². The van der Waals surface area contributed by atoms with E-state index in [4.69, 9.17) is 46.4 Å². The minimum absolute atomic E-state index is 0.155. The predicted octanol–water partition coefficient (Wildman–Crippen LogP) is 5.80. The lowest BCUT2D eigenvalue weighted by Crippen LogP contribution is -2.00. The summed E-state index contributed by atoms with van der Waals surface area (Å²) in [6.07, 6.45) is 9.59. The molecule has 0 amide bonds. The van der Waals surface area contributed by atoms with Gasteiger partial charge in [0.25, 0.3) is 0 Å². The van der Waals surface area contributed by atoms with E-state index in [0.717, 1.165) is 12.8 Å². The van der Waals surface area contributed by atoms with E-state index in [9.17, 15) is 0 Å². The molecule has 4 heteroatoms. The second-order valence-electron chi connectivity index (χ2n) is 4.20. The molecule has 0 aliphatic carbocycles. The van der Waals surface area contributed by atoms with Gasteiger partial charge in [0.2, 0.25) is 0 Å². The predicted molar refractivity (Wildman–Crippen MR) is 77.7 cm³/mol. The second kappa shape index (κ2) is 12.6. The van der Waals surface area contributed by atoms with Gasteiger partial charge in [-0.15, -0.1) is 46.4 Å². The first-order chi connectivity index (χ1) is 7.70. The summed E-state index contributed by atoms with van der Waals surface area (Å²) in [5, 5.41) is 0.310. The Bertz CT molecular complexity index is 125. The maximum Gasteiger partial charge on any atom is 0.0471 e. The van der Waals surface area contributed by atoms with Crippen molar-refractivity contribution in [3.8, 4) is 0 Å². The Morgan fingerprint density at radius 1 is 0.562 bits per heavy atom. The Labute approximate surface area is 120 Å². The molecule has 16 heavy (non-hydrogen) atoms. The van der Waals surface area contributed by atoms with Gasteiger partial charge in [0.15, 0.2) is 0 Å². The first kappa shape index (κ1) is 17.2. The zero-order valence-electron chi connectivity index (χ0n) is 9.74. The molecule has 0 aromatic carbocycles. The molecule has 0 aliphatic rings. The molecule has 0 rings (SSSR count). The summed E-state index contributed by atoms with van der Waals surface area (Å²) in [5.74, 6) is 1.13. The molecule has 0 heterocycles. The molecule has 98 valence electrons. The van der Waals surface area contributed by atoms with Gasteiger partial charge in [-0.1, -0.05) is 38.5 Å². The topological polar surface area (TPSA) is 0 Å². The zero-order valence-corrected chi connectivity index (χ0v) is 12.8. The van der Waals surface area contributed by atoms with Crippen LogP contribution in [0.25, 0.3) is 0 Å². The van der Waals surface area contributed by atoms with Crippen LogP contribution in [0.15, 0.2) is 0 Å². The molecule has 0 fully saturated rings. The quantitative estimate of drug-likeness (QED) is 0.334. The molecule has 0 aromatic heterocycles. The lowest BCUT2D eigenvalue weighted by atomic mass is 10.1. The van der Waals surface area contributed by atoms with Crippen molar-refractivity contribution in [2.75, 3.05) is 11.8 Å². The van der Waals surface area contributed by atoms with Crippen LogP contribution in [0, 0.1) is 0 Å². The van der Waals surface area contributed by atoms with Crippen molar-refractivity contribution in [3.05, 3.63) is 0 Å². The fourth-order valence-corrected chi connectivity index (χ4v) is 2.21.